The van der Waals surface area contributed by atoms with Crippen molar-refractivity contribution in [1.29, 1.82) is 0 Å². The largest absolute Gasteiger partial charge is 0.491 e. The molecular weight excluding hydrogens is 273 g/mol. The van der Waals surface area contributed by atoms with E-state index in [1.54, 1.807) is 43.3 Å². The van der Waals surface area contributed by atoms with E-state index in [-0.39, 0.29) is 5.56 Å². The molecule has 0 aliphatic heterocycles. The topological polar surface area (TPSA) is 43.4 Å². The molecule has 0 aliphatic rings. The number of esters is 2. The lowest BCUT2D eigenvalue weighted by atomic mass is 10.00. The minimum absolute atomic E-state index is 0.0410. The number of benzene rings is 2. The predicted octanol–water partition coefficient (Wildman–Crippen LogP) is 3.39. The van der Waals surface area contributed by atoms with Crippen LogP contribution in [0.15, 0.2) is 36.4 Å². The van der Waals surface area contributed by atoms with Gasteiger partial charge in [0.2, 0.25) is 0 Å². The standard InChI is InChI=1S/C14H9F3O3/c1-8-6-7-9-4-2-3-5-10(9)11(8)12(18)20-13(19)14(15,16)17/h2-7H,1H3. The van der Waals surface area contributed by atoms with Crippen molar-refractivity contribution < 1.29 is 27.5 Å². The molecule has 20 heavy (non-hydrogen) atoms. The summed E-state index contributed by atoms with van der Waals surface area (Å²) in [6.45, 7) is 1.56. The fourth-order valence-electron chi connectivity index (χ4n) is 1.84. The van der Waals surface area contributed by atoms with E-state index in [1.165, 1.54) is 0 Å². The molecule has 0 aliphatic carbocycles. The summed E-state index contributed by atoms with van der Waals surface area (Å²) in [6, 6.07) is 9.97. The van der Waals surface area contributed by atoms with Crippen LogP contribution in [0.4, 0.5) is 13.2 Å². The first-order valence-electron chi connectivity index (χ1n) is 5.62. The number of alkyl halides is 3. The maximum absolute atomic E-state index is 12.1. The Hall–Kier alpha value is -2.37. The smallest absolute Gasteiger partial charge is 0.383 e. The van der Waals surface area contributed by atoms with Crippen molar-refractivity contribution >= 4 is 22.7 Å². The van der Waals surface area contributed by atoms with E-state index >= 15 is 0 Å². The number of ether oxygens (including phenoxy) is 1. The highest BCUT2D eigenvalue weighted by Gasteiger charge is 2.42. The average Bonchev–Trinajstić information content (AvgIpc) is 2.37. The highest BCUT2D eigenvalue weighted by atomic mass is 19.4. The van der Waals surface area contributed by atoms with Crippen LogP contribution in [-0.4, -0.2) is 18.1 Å². The quantitative estimate of drug-likeness (QED) is 0.594. The van der Waals surface area contributed by atoms with Crippen LogP contribution in [0.5, 0.6) is 0 Å². The molecule has 0 radical (unpaired) electrons. The number of hydrogen-bond acceptors (Lipinski definition) is 3. The third kappa shape index (κ3) is 2.64. The molecule has 0 fully saturated rings. The lowest BCUT2D eigenvalue weighted by Crippen LogP contribution is -2.28. The first-order valence-corrected chi connectivity index (χ1v) is 5.62. The van der Waals surface area contributed by atoms with Gasteiger partial charge in [-0.1, -0.05) is 36.4 Å². The van der Waals surface area contributed by atoms with Crippen molar-refractivity contribution in [3.8, 4) is 0 Å². The molecule has 2 rings (SSSR count). The molecule has 3 nitrogen and oxygen atoms in total. The van der Waals surface area contributed by atoms with Gasteiger partial charge in [-0.3, -0.25) is 0 Å². The van der Waals surface area contributed by atoms with Crippen LogP contribution < -0.4 is 0 Å². The zero-order valence-electron chi connectivity index (χ0n) is 10.3. The molecule has 2 aromatic rings. The molecule has 0 saturated carbocycles. The van der Waals surface area contributed by atoms with Crippen LogP contribution >= 0.6 is 0 Å². The van der Waals surface area contributed by atoms with Gasteiger partial charge in [0.05, 0.1) is 5.56 Å². The fraction of sp³-hybridized carbons (Fsp3) is 0.143. The molecule has 6 heteroatoms. The Balaban J connectivity index is 2.45. The van der Waals surface area contributed by atoms with E-state index in [4.69, 9.17) is 0 Å². The number of carbonyl (C=O) groups is 2. The second-order valence-electron chi connectivity index (χ2n) is 4.15. The number of hydrogen-bond donors (Lipinski definition) is 0. The Labute approximate surface area is 112 Å². The number of aryl methyl sites for hydroxylation is 1. The molecule has 0 spiro atoms. The van der Waals surface area contributed by atoms with Crippen LogP contribution in [0.25, 0.3) is 10.8 Å². The number of rotatable bonds is 1. The summed E-state index contributed by atoms with van der Waals surface area (Å²) in [5.41, 5.74) is 0.393. The van der Waals surface area contributed by atoms with Gasteiger partial charge in [-0.05, 0) is 23.3 Å². The fourth-order valence-corrected chi connectivity index (χ4v) is 1.84. The van der Waals surface area contributed by atoms with Crippen LogP contribution in [0, 0.1) is 6.92 Å². The van der Waals surface area contributed by atoms with Crippen LogP contribution in [-0.2, 0) is 9.53 Å². The Morgan fingerprint density at radius 3 is 2.35 bits per heavy atom. The van der Waals surface area contributed by atoms with Gasteiger partial charge in [-0.2, -0.15) is 13.2 Å². The van der Waals surface area contributed by atoms with E-state index in [9.17, 15) is 22.8 Å². The van der Waals surface area contributed by atoms with Gasteiger partial charge in [0.15, 0.2) is 0 Å². The molecule has 0 N–H and O–H groups in total. The molecule has 0 unspecified atom stereocenters. The maximum atomic E-state index is 12.1. The van der Waals surface area contributed by atoms with Crippen molar-refractivity contribution in [3.63, 3.8) is 0 Å². The lowest BCUT2D eigenvalue weighted by molar-refractivity contribution is -0.193. The van der Waals surface area contributed by atoms with Crippen molar-refractivity contribution in [2.24, 2.45) is 0 Å². The zero-order chi connectivity index (χ0) is 14.9. The summed E-state index contributed by atoms with van der Waals surface area (Å²) < 4.78 is 40.2. The molecule has 2 aromatic carbocycles. The summed E-state index contributed by atoms with van der Waals surface area (Å²) in [5.74, 6) is -3.82. The average molecular weight is 282 g/mol. The third-order valence-corrected chi connectivity index (χ3v) is 2.76. The van der Waals surface area contributed by atoms with Gasteiger partial charge in [-0.15, -0.1) is 0 Å². The summed E-state index contributed by atoms with van der Waals surface area (Å²) >= 11 is 0. The first-order chi connectivity index (χ1) is 9.30. The summed E-state index contributed by atoms with van der Waals surface area (Å²) in [4.78, 5) is 22.5. The zero-order valence-corrected chi connectivity index (χ0v) is 10.3. The van der Waals surface area contributed by atoms with Crippen molar-refractivity contribution in [2.75, 3.05) is 0 Å². The van der Waals surface area contributed by atoms with E-state index < -0.39 is 18.1 Å². The van der Waals surface area contributed by atoms with Crippen LogP contribution in [0.2, 0.25) is 0 Å². The van der Waals surface area contributed by atoms with Crippen molar-refractivity contribution in [2.45, 2.75) is 13.1 Å². The SMILES string of the molecule is Cc1ccc2ccccc2c1C(=O)OC(=O)C(F)(F)F. The molecule has 0 aromatic heterocycles. The van der Waals surface area contributed by atoms with Gasteiger partial charge in [-0.25, -0.2) is 9.59 Å². The predicted molar refractivity (Wildman–Crippen MR) is 65.2 cm³/mol. The summed E-state index contributed by atoms with van der Waals surface area (Å²) in [5, 5.41) is 1.11. The molecule has 0 bridgehead atoms. The van der Waals surface area contributed by atoms with Gasteiger partial charge >= 0.3 is 18.1 Å². The second-order valence-corrected chi connectivity index (χ2v) is 4.15. The Bertz CT molecular complexity index is 690. The van der Waals surface area contributed by atoms with Crippen LogP contribution in [0.3, 0.4) is 0 Å². The van der Waals surface area contributed by atoms with Gasteiger partial charge in [0.25, 0.3) is 0 Å². The molecule has 104 valence electrons. The lowest BCUT2D eigenvalue weighted by Gasteiger charge is -2.10. The number of halogens is 3. The first kappa shape index (κ1) is 14.0. The Kier molecular flexibility index (Phi) is 3.48. The van der Waals surface area contributed by atoms with Crippen LogP contribution in [0.1, 0.15) is 15.9 Å². The monoisotopic (exact) mass is 282 g/mol. The number of fused-ring (bicyclic) bond motifs is 1. The van der Waals surface area contributed by atoms with E-state index in [0.29, 0.717) is 16.3 Å². The van der Waals surface area contributed by atoms with Gasteiger partial charge in [0.1, 0.15) is 0 Å². The number of carbonyl (C=O) groups excluding carboxylic acids is 2. The molecule has 0 saturated heterocycles. The van der Waals surface area contributed by atoms with Crippen molar-refractivity contribution in [3.05, 3.63) is 47.5 Å². The minimum atomic E-state index is -5.20. The molecular formula is C14H9F3O3. The molecule has 0 atom stereocenters. The highest BCUT2D eigenvalue weighted by Crippen LogP contribution is 2.24. The Morgan fingerprint density at radius 1 is 1.05 bits per heavy atom. The summed E-state index contributed by atoms with van der Waals surface area (Å²) in [7, 11) is 0. The second kappa shape index (κ2) is 4.96. The third-order valence-electron chi connectivity index (χ3n) is 2.76. The molecule has 0 amide bonds. The summed E-state index contributed by atoms with van der Waals surface area (Å²) in [6.07, 6.45) is -5.20. The van der Waals surface area contributed by atoms with Crippen molar-refractivity contribution in [1.82, 2.24) is 0 Å². The minimum Gasteiger partial charge on any atom is -0.383 e. The van der Waals surface area contributed by atoms with E-state index in [2.05, 4.69) is 4.74 Å². The highest BCUT2D eigenvalue weighted by molar-refractivity contribution is 6.09. The normalized spacial score (nSPS) is 11.4. The van der Waals surface area contributed by atoms with Gasteiger partial charge in [0, 0.05) is 0 Å². The van der Waals surface area contributed by atoms with Gasteiger partial charge < -0.3 is 4.74 Å². The Morgan fingerprint density at radius 2 is 1.70 bits per heavy atom. The van der Waals surface area contributed by atoms with E-state index in [1.807, 2.05) is 0 Å². The molecule has 0 heterocycles. The van der Waals surface area contributed by atoms with E-state index in [0.717, 1.165) is 0 Å². The maximum Gasteiger partial charge on any atom is 0.491 e.